The molecule has 4 rings (SSSR count). The number of benzene rings is 1. The van der Waals surface area contributed by atoms with Crippen molar-refractivity contribution in [3.63, 3.8) is 0 Å². The van der Waals surface area contributed by atoms with Gasteiger partial charge in [-0.3, -0.25) is 9.69 Å². The molecule has 1 amide bonds. The Bertz CT molecular complexity index is 801. The molecule has 7 nitrogen and oxygen atoms in total. The van der Waals surface area contributed by atoms with Gasteiger partial charge < -0.3 is 19.1 Å². The Labute approximate surface area is 158 Å². The van der Waals surface area contributed by atoms with Crippen LogP contribution in [0, 0.1) is 0 Å². The number of fused-ring (bicyclic) bond motifs is 1. The SMILES string of the molecule is COc1ccc(C(=O)N2CCN(Cc3ccc4c(c3)OCCO4)CC2)cn1. The number of hydrogen-bond acceptors (Lipinski definition) is 6. The first kappa shape index (κ1) is 17.6. The van der Waals surface area contributed by atoms with Gasteiger partial charge in [-0.2, -0.15) is 0 Å². The minimum atomic E-state index is 0.0177. The third-order valence-electron chi connectivity index (χ3n) is 4.86. The van der Waals surface area contributed by atoms with Gasteiger partial charge in [0.15, 0.2) is 11.5 Å². The van der Waals surface area contributed by atoms with Gasteiger partial charge in [0, 0.05) is 45.0 Å². The second kappa shape index (κ2) is 7.84. The standard InChI is InChI=1S/C20H23N3O4/c1-25-19-5-3-16(13-21-19)20(24)23-8-6-22(7-9-23)14-15-2-4-17-18(12-15)27-11-10-26-17/h2-5,12-13H,6-11,14H2,1H3. The Hall–Kier alpha value is -2.80. The summed E-state index contributed by atoms with van der Waals surface area (Å²) in [5.41, 5.74) is 1.79. The second-order valence-corrected chi connectivity index (χ2v) is 6.64. The summed E-state index contributed by atoms with van der Waals surface area (Å²) < 4.78 is 16.3. The van der Waals surface area contributed by atoms with E-state index in [-0.39, 0.29) is 5.91 Å². The minimum absolute atomic E-state index is 0.0177. The van der Waals surface area contributed by atoms with Crippen molar-refractivity contribution in [2.45, 2.75) is 6.54 Å². The predicted octanol–water partition coefficient (Wildman–Crippen LogP) is 1.82. The maximum atomic E-state index is 12.6. The number of ether oxygens (including phenoxy) is 3. The lowest BCUT2D eigenvalue weighted by Gasteiger charge is -2.35. The van der Waals surface area contributed by atoms with Gasteiger partial charge in [-0.15, -0.1) is 0 Å². The van der Waals surface area contributed by atoms with E-state index >= 15 is 0 Å². The number of nitrogens with zero attached hydrogens (tertiary/aromatic N) is 3. The third kappa shape index (κ3) is 3.98. The van der Waals surface area contributed by atoms with Crippen LogP contribution in [0.25, 0.3) is 0 Å². The smallest absolute Gasteiger partial charge is 0.255 e. The van der Waals surface area contributed by atoms with Crippen LogP contribution in [-0.4, -0.2) is 67.2 Å². The van der Waals surface area contributed by atoms with Crippen LogP contribution in [-0.2, 0) is 6.54 Å². The average molecular weight is 369 g/mol. The molecule has 27 heavy (non-hydrogen) atoms. The largest absolute Gasteiger partial charge is 0.486 e. The number of carbonyl (C=O) groups excluding carboxylic acids is 1. The van der Waals surface area contributed by atoms with E-state index in [1.165, 1.54) is 5.56 Å². The normalized spacial score (nSPS) is 16.9. The van der Waals surface area contributed by atoms with Gasteiger partial charge in [0.05, 0.1) is 12.7 Å². The predicted molar refractivity (Wildman–Crippen MR) is 99.4 cm³/mol. The van der Waals surface area contributed by atoms with Gasteiger partial charge in [-0.25, -0.2) is 4.98 Å². The summed E-state index contributed by atoms with van der Waals surface area (Å²) in [5, 5.41) is 0. The molecule has 3 heterocycles. The van der Waals surface area contributed by atoms with Crippen molar-refractivity contribution < 1.29 is 19.0 Å². The number of methoxy groups -OCH3 is 1. The number of hydrogen-bond donors (Lipinski definition) is 0. The molecular weight excluding hydrogens is 346 g/mol. The zero-order chi connectivity index (χ0) is 18.6. The summed E-state index contributed by atoms with van der Waals surface area (Å²) in [6, 6.07) is 9.57. The van der Waals surface area contributed by atoms with Gasteiger partial charge in [0.2, 0.25) is 5.88 Å². The van der Waals surface area contributed by atoms with Gasteiger partial charge in [0.1, 0.15) is 13.2 Å². The van der Waals surface area contributed by atoms with Crippen LogP contribution in [0.5, 0.6) is 17.4 Å². The molecule has 1 saturated heterocycles. The van der Waals surface area contributed by atoms with Crippen LogP contribution in [0.4, 0.5) is 0 Å². The molecule has 0 atom stereocenters. The van der Waals surface area contributed by atoms with E-state index in [0.29, 0.717) is 37.7 Å². The minimum Gasteiger partial charge on any atom is -0.486 e. The topological polar surface area (TPSA) is 64.1 Å². The maximum absolute atomic E-state index is 12.6. The van der Waals surface area contributed by atoms with Crippen LogP contribution >= 0.6 is 0 Å². The molecule has 1 fully saturated rings. The first-order chi connectivity index (χ1) is 13.2. The number of piperazine rings is 1. The molecule has 2 aliphatic rings. The lowest BCUT2D eigenvalue weighted by atomic mass is 10.1. The summed E-state index contributed by atoms with van der Waals surface area (Å²) in [4.78, 5) is 21.0. The first-order valence-electron chi connectivity index (χ1n) is 9.13. The highest BCUT2D eigenvalue weighted by molar-refractivity contribution is 5.94. The Kier molecular flexibility index (Phi) is 5.11. The van der Waals surface area contributed by atoms with Gasteiger partial charge in [0.25, 0.3) is 5.91 Å². The number of rotatable bonds is 4. The molecule has 0 unspecified atom stereocenters. The molecule has 7 heteroatoms. The molecule has 0 bridgehead atoms. The monoisotopic (exact) mass is 369 g/mol. The van der Waals surface area contributed by atoms with Gasteiger partial charge in [-0.1, -0.05) is 6.07 Å². The molecule has 0 saturated carbocycles. The van der Waals surface area contributed by atoms with E-state index in [1.54, 1.807) is 25.4 Å². The van der Waals surface area contributed by atoms with Crippen molar-refractivity contribution >= 4 is 5.91 Å². The molecule has 0 spiro atoms. The first-order valence-corrected chi connectivity index (χ1v) is 9.13. The Morgan fingerprint density at radius 1 is 1.07 bits per heavy atom. The highest BCUT2D eigenvalue weighted by Gasteiger charge is 2.23. The summed E-state index contributed by atoms with van der Waals surface area (Å²) >= 11 is 0. The molecule has 2 aliphatic heterocycles. The number of carbonyl (C=O) groups is 1. The molecule has 0 N–H and O–H groups in total. The maximum Gasteiger partial charge on any atom is 0.255 e. The van der Waals surface area contributed by atoms with Crippen molar-refractivity contribution in [1.82, 2.24) is 14.8 Å². The van der Waals surface area contributed by atoms with E-state index in [1.807, 2.05) is 11.0 Å². The molecule has 142 valence electrons. The fourth-order valence-electron chi connectivity index (χ4n) is 3.36. The Morgan fingerprint density at radius 2 is 1.85 bits per heavy atom. The fourth-order valence-corrected chi connectivity index (χ4v) is 3.36. The number of amides is 1. The Balaban J connectivity index is 1.32. The number of aromatic nitrogens is 1. The zero-order valence-electron chi connectivity index (χ0n) is 15.4. The van der Waals surface area contributed by atoms with Crippen molar-refractivity contribution in [3.8, 4) is 17.4 Å². The van der Waals surface area contributed by atoms with E-state index in [4.69, 9.17) is 14.2 Å². The highest BCUT2D eigenvalue weighted by atomic mass is 16.6. The fraction of sp³-hybridized carbons (Fsp3) is 0.400. The molecular formula is C20H23N3O4. The molecule has 2 aromatic rings. The molecule has 0 aliphatic carbocycles. The van der Waals surface area contributed by atoms with E-state index < -0.39 is 0 Å². The zero-order valence-corrected chi connectivity index (χ0v) is 15.4. The Morgan fingerprint density at radius 3 is 2.56 bits per heavy atom. The molecule has 1 aromatic carbocycles. The number of pyridine rings is 1. The van der Waals surface area contributed by atoms with E-state index in [9.17, 15) is 4.79 Å². The van der Waals surface area contributed by atoms with E-state index in [0.717, 1.165) is 31.1 Å². The summed E-state index contributed by atoms with van der Waals surface area (Å²) in [6.45, 7) is 5.12. The molecule has 1 aromatic heterocycles. The van der Waals surface area contributed by atoms with Crippen molar-refractivity contribution in [3.05, 3.63) is 47.7 Å². The average Bonchev–Trinajstić information content (AvgIpc) is 2.74. The van der Waals surface area contributed by atoms with Crippen LogP contribution in [0.2, 0.25) is 0 Å². The summed E-state index contributed by atoms with van der Waals surface area (Å²) in [6.07, 6.45) is 1.57. The van der Waals surface area contributed by atoms with Crippen molar-refractivity contribution in [2.24, 2.45) is 0 Å². The highest BCUT2D eigenvalue weighted by Crippen LogP contribution is 2.31. The summed E-state index contributed by atoms with van der Waals surface area (Å²) in [7, 11) is 1.56. The van der Waals surface area contributed by atoms with Crippen LogP contribution in [0.15, 0.2) is 36.5 Å². The quantitative estimate of drug-likeness (QED) is 0.819. The third-order valence-corrected chi connectivity index (χ3v) is 4.86. The van der Waals surface area contributed by atoms with E-state index in [2.05, 4.69) is 22.0 Å². The lowest BCUT2D eigenvalue weighted by molar-refractivity contribution is 0.0627. The summed E-state index contributed by atoms with van der Waals surface area (Å²) in [5.74, 6) is 2.16. The lowest BCUT2D eigenvalue weighted by Crippen LogP contribution is -2.48. The van der Waals surface area contributed by atoms with Crippen molar-refractivity contribution in [2.75, 3.05) is 46.5 Å². The van der Waals surface area contributed by atoms with Gasteiger partial charge >= 0.3 is 0 Å². The van der Waals surface area contributed by atoms with Gasteiger partial charge in [-0.05, 0) is 23.8 Å². The van der Waals surface area contributed by atoms with Crippen LogP contribution in [0.3, 0.4) is 0 Å². The van der Waals surface area contributed by atoms with Crippen LogP contribution < -0.4 is 14.2 Å². The molecule has 0 radical (unpaired) electrons. The second-order valence-electron chi connectivity index (χ2n) is 6.64. The van der Waals surface area contributed by atoms with Crippen LogP contribution in [0.1, 0.15) is 15.9 Å². The van der Waals surface area contributed by atoms with Crippen molar-refractivity contribution in [1.29, 1.82) is 0 Å².